The molecule has 0 amide bonds. The maximum Gasteiger partial charge on any atom is 0.202 e. The number of nitrogens with one attached hydrogen (secondary N) is 2. The summed E-state index contributed by atoms with van der Waals surface area (Å²) in [5, 5.41) is 56.8. The number of rotatable bonds is 7. The molecule has 3 aliphatic rings. The zero-order chi connectivity index (χ0) is 33.5. The van der Waals surface area contributed by atoms with E-state index in [0.29, 0.717) is 6.54 Å². The van der Waals surface area contributed by atoms with E-state index >= 15 is 0 Å². The molecule has 5 rings (SSSR count). The lowest BCUT2D eigenvalue weighted by atomic mass is 9.72. The number of thiocarbonyl (C=S) groups is 1. The normalized spacial score (nSPS) is 27.1. The summed E-state index contributed by atoms with van der Waals surface area (Å²) in [4.78, 5) is 30.4. The molecule has 1 heterocycles. The average Bonchev–Trinajstić information content (AvgIpc) is 3.02. The summed E-state index contributed by atoms with van der Waals surface area (Å²) in [6.07, 6.45) is -4.94. The molecule has 0 unspecified atom stereocenters. The van der Waals surface area contributed by atoms with Crippen molar-refractivity contribution in [3.8, 4) is 17.2 Å². The first kappa shape index (κ1) is 33.1. The molecule has 0 aromatic heterocycles. The number of carbonyl (C=O) groups is 2. The maximum atomic E-state index is 13.9. The predicted octanol–water partition coefficient (Wildman–Crippen LogP) is 2.65. The molecule has 46 heavy (non-hydrogen) atoms. The number of hydrazone groups is 1. The van der Waals surface area contributed by atoms with Crippen LogP contribution in [-0.4, -0.2) is 86.6 Å². The molecule has 1 saturated heterocycles. The molecular weight excluding hydrogens is 620 g/mol. The van der Waals surface area contributed by atoms with Gasteiger partial charge in [0.05, 0.1) is 53.9 Å². The number of hydrogen-bond acceptors (Lipinski definition) is 12. The van der Waals surface area contributed by atoms with Crippen LogP contribution < -0.4 is 15.5 Å². The number of aliphatic hydroxyl groups is 2. The van der Waals surface area contributed by atoms with Crippen molar-refractivity contribution in [1.82, 2.24) is 10.7 Å². The van der Waals surface area contributed by atoms with Gasteiger partial charge >= 0.3 is 0 Å². The van der Waals surface area contributed by atoms with Gasteiger partial charge in [-0.3, -0.25) is 15.0 Å². The number of methoxy groups -OCH3 is 1. The molecule has 2 aromatic rings. The molecule has 1 fully saturated rings. The molecule has 1 aliphatic heterocycles. The number of nitrogens with zero attached hydrogens (tertiary/aromatic N) is 4. The van der Waals surface area contributed by atoms with Gasteiger partial charge in [-0.25, -0.2) is 0 Å². The van der Waals surface area contributed by atoms with Crippen LogP contribution in [0.1, 0.15) is 82.7 Å². The summed E-state index contributed by atoms with van der Waals surface area (Å²) in [5.74, 6) is -2.57. The maximum absolute atomic E-state index is 13.9. The number of benzene rings is 2. The highest BCUT2D eigenvalue weighted by molar-refractivity contribution is 7.80. The second-order valence-electron chi connectivity index (χ2n) is 11.4. The van der Waals surface area contributed by atoms with Gasteiger partial charge in [-0.1, -0.05) is 17.2 Å². The fourth-order valence-corrected chi connectivity index (χ4v) is 6.42. The minimum absolute atomic E-state index is 0.0171. The number of aliphatic hydroxyl groups excluding tert-OH is 1. The SMILES string of the molecule is CCNC(=S)N/N=C(\C)[C@]1(O)Cc2c(O)c3c(c(O)c2[C@@H](O[C@H]2C[C@H](N=[N+]=[N-])[C@H](O)[C@H](C)O2)C1)C(=O)c1c(OC)cccc1C3=O. The quantitative estimate of drug-likeness (QED) is 0.0411. The minimum atomic E-state index is -1.82. The van der Waals surface area contributed by atoms with Crippen molar-refractivity contribution in [2.45, 2.75) is 76.3 Å². The van der Waals surface area contributed by atoms with Gasteiger partial charge in [0.1, 0.15) is 22.8 Å². The number of hydrogen-bond donors (Lipinski definition) is 6. The summed E-state index contributed by atoms with van der Waals surface area (Å²) in [6, 6.07) is 3.55. The first-order valence-corrected chi connectivity index (χ1v) is 15.0. The highest BCUT2D eigenvalue weighted by Crippen LogP contribution is 2.52. The zero-order valence-electron chi connectivity index (χ0n) is 25.5. The van der Waals surface area contributed by atoms with Crippen LogP contribution in [0.5, 0.6) is 17.2 Å². The fourth-order valence-electron chi connectivity index (χ4n) is 6.23. The molecule has 15 nitrogen and oxygen atoms in total. The summed E-state index contributed by atoms with van der Waals surface area (Å²) in [7, 11) is 1.34. The Bertz CT molecular complexity index is 1690. The summed E-state index contributed by atoms with van der Waals surface area (Å²) < 4.78 is 17.5. The lowest BCUT2D eigenvalue weighted by Gasteiger charge is -2.42. The minimum Gasteiger partial charge on any atom is -0.507 e. The van der Waals surface area contributed by atoms with Crippen molar-refractivity contribution >= 4 is 34.6 Å². The van der Waals surface area contributed by atoms with Crippen molar-refractivity contribution in [3.63, 3.8) is 0 Å². The van der Waals surface area contributed by atoms with Crippen molar-refractivity contribution in [2.24, 2.45) is 10.2 Å². The van der Waals surface area contributed by atoms with Gasteiger partial charge in [-0.05, 0) is 44.6 Å². The van der Waals surface area contributed by atoms with Crippen LogP contribution in [0.15, 0.2) is 28.4 Å². The van der Waals surface area contributed by atoms with E-state index < -0.39 is 70.4 Å². The molecule has 2 aliphatic carbocycles. The van der Waals surface area contributed by atoms with Crippen LogP contribution in [0.4, 0.5) is 0 Å². The smallest absolute Gasteiger partial charge is 0.202 e. The number of phenolic OH excluding ortho intramolecular Hbond substituents is 2. The lowest BCUT2D eigenvalue weighted by molar-refractivity contribution is -0.245. The predicted molar refractivity (Wildman–Crippen MR) is 167 cm³/mol. The molecule has 0 spiro atoms. The van der Waals surface area contributed by atoms with Crippen LogP contribution >= 0.6 is 12.2 Å². The Morgan fingerprint density at radius 2 is 1.93 bits per heavy atom. The number of carbonyl (C=O) groups excluding carboxylic acids is 2. The number of phenols is 2. The van der Waals surface area contributed by atoms with Crippen molar-refractivity contribution in [3.05, 3.63) is 62.0 Å². The third-order valence-corrected chi connectivity index (χ3v) is 8.84. The van der Waals surface area contributed by atoms with Gasteiger partial charge in [0, 0.05) is 47.4 Å². The first-order chi connectivity index (χ1) is 21.9. The largest absolute Gasteiger partial charge is 0.507 e. The van der Waals surface area contributed by atoms with E-state index in [9.17, 15) is 30.0 Å². The van der Waals surface area contributed by atoms with Crippen LogP contribution in [0, 0.1) is 0 Å². The van der Waals surface area contributed by atoms with Crippen molar-refractivity contribution in [1.29, 1.82) is 0 Å². The monoisotopic (exact) mass is 654 g/mol. The number of aromatic hydroxyl groups is 2. The molecule has 16 heteroatoms. The molecule has 6 atom stereocenters. The molecule has 0 radical (unpaired) electrons. The summed E-state index contributed by atoms with van der Waals surface area (Å²) in [6.45, 7) is 5.46. The second kappa shape index (κ2) is 12.8. The Kier molecular flexibility index (Phi) is 9.22. The second-order valence-corrected chi connectivity index (χ2v) is 11.8. The van der Waals surface area contributed by atoms with Gasteiger partial charge in [0.25, 0.3) is 0 Å². The number of fused-ring (bicyclic) bond motifs is 3. The Hall–Kier alpha value is -4.31. The van der Waals surface area contributed by atoms with Crippen LogP contribution in [0.3, 0.4) is 0 Å². The molecule has 244 valence electrons. The molecule has 0 saturated carbocycles. The molecule has 0 bridgehead atoms. The third kappa shape index (κ3) is 5.63. The first-order valence-electron chi connectivity index (χ1n) is 14.6. The van der Waals surface area contributed by atoms with Gasteiger partial charge in [0.15, 0.2) is 17.2 Å². The molecular formula is C30H34N6O9S. The van der Waals surface area contributed by atoms with Crippen molar-refractivity contribution in [2.75, 3.05) is 13.7 Å². The van der Waals surface area contributed by atoms with Crippen LogP contribution in [-0.2, 0) is 15.9 Å². The summed E-state index contributed by atoms with van der Waals surface area (Å²) in [5.41, 5.74) is 8.98. The highest BCUT2D eigenvalue weighted by atomic mass is 32.1. The topological polar surface area (TPSA) is 228 Å². The standard InChI is InChI=1S/C30H34N6O9S/c1-5-32-29(46)35-33-13(3)30(42)10-15-21(18(11-30)45-19-9-16(34-36-31)24(37)12(2)44-19)28(41)23-22(26(15)39)25(38)14-7-6-8-17(43-4)20(14)27(23)40/h6-8,12,16,18-19,24,37,39,41-42H,5,9-11H2,1-4H3,(H2,32,35,46)/b33-13+/t12-,16-,18-,19-,24+,30-/m0/s1. The van der Waals surface area contributed by atoms with E-state index in [-0.39, 0.29) is 58.1 Å². The van der Waals surface area contributed by atoms with E-state index in [1.807, 2.05) is 6.92 Å². The average molecular weight is 655 g/mol. The molecule has 6 N–H and O–H groups in total. The van der Waals surface area contributed by atoms with E-state index in [2.05, 4.69) is 25.9 Å². The summed E-state index contributed by atoms with van der Waals surface area (Å²) >= 11 is 5.18. The Balaban J connectivity index is 1.65. The van der Waals surface area contributed by atoms with Gasteiger partial charge in [-0.2, -0.15) is 5.10 Å². The molecule has 2 aromatic carbocycles. The number of ketones is 2. The Morgan fingerprint density at radius 1 is 1.22 bits per heavy atom. The van der Waals surface area contributed by atoms with E-state index in [1.54, 1.807) is 6.92 Å². The van der Waals surface area contributed by atoms with Crippen LogP contribution in [0.2, 0.25) is 0 Å². The third-order valence-electron chi connectivity index (χ3n) is 8.60. The Labute approximate surface area is 268 Å². The van der Waals surface area contributed by atoms with E-state index in [0.717, 1.165) is 0 Å². The van der Waals surface area contributed by atoms with E-state index in [4.69, 9.17) is 32.0 Å². The van der Waals surface area contributed by atoms with Crippen molar-refractivity contribution < 1.29 is 44.2 Å². The fraction of sp³-hybridized carbons (Fsp3) is 0.467. The van der Waals surface area contributed by atoms with Gasteiger partial charge in [0.2, 0.25) is 5.78 Å². The Morgan fingerprint density at radius 3 is 2.61 bits per heavy atom. The van der Waals surface area contributed by atoms with Crippen LogP contribution in [0.25, 0.3) is 10.4 Å². The zero-order valence-corrected chi connectivity index (χ0v) is 26.3. The lowest BCUT2D eigenvalue weighted by Crippen LogP contribution is -2.49. The van der Waals surface area contributed by atoms with E-state index in [1.165, 1.54) is 32.2 Å². The highest BCUT2D eigenvalue weighted by Gasteiger charge is 2.49. The number of ether oxygens (including phenoxy) is 3. The number of azide groups is 1. The van der Waals surface area contributed by atoms with Gasteiger partial charge in [-0.15, -0.1) is 0 Å². The van der Waals surface area contributed by atoms with Gasteiger partial charge < -0.3 is 40.0 Å².